The van der Waals surface area contributed by atoms with Gasteiger partial charge in [0.1, 0.15) is 11.5 Å². The molecule has 0 unspecified atom stereocenters. The molecule has 6 rings (SSSR count). The van der Waals surface area contributed by atoms with Gasteiger partial charge in [-0.05, 0) is 60.4 Å². The van der Waals surface area contributed by atoms with E-state index in [9.17, 15) is 9.59 Å². The Morgan fingerprint density at radius 3 is 2.29 bits per heavy atom. The molecule has 5 aromatic rings. The van der Waals surface area contributed by atoms with E-state index in [1.807, 2.05) is 70.1 Å². The fourth-order valence-electron chi connectivity index (χ4n) is 5.72. The predicted octanol–water partition coefficient (Wildman–Crippen LogP) is 5.61. The van der Waals surface area contributed by atoms with Crippen molar-refractivity contribution in [1.29, 1.82) is 0 Å². The van der Waals surface area contributed by atoms with Crippen LogP contribution in [0.1, 0.15) is 46.3 Å². The molecular formula is C33H34N4O4. The molecule has 2 aromatic heterocycles. The quantitative estimate of drug-likeness (QED) is 0.258. The number of piperidine rings is 1. The molecular weight excluding hydrogens is 516 g/mol. The van der Waals surface area contributed by atoms with Gasteiger partial charge in [0.15, 0.2) is 5.76 Å². The lowest BCUT2D eigenvalue weighted by atomic mass is 10.0. The Bertz CT molecular complexity index is 1660. The molecule has 3 aromatic carbocycles. The van der Waals surface area contributed by atoms with Crippen LogP contribution >= 0.6 is 0 Å². The van der Waals surface area contributed by atoms with Gasteiger partial charge in [0.25, 0.3) is 5.91 Å². The third-order valence-electron chi connectivity index (χ3n) is 7.81. The molecule has 1 fully saturated rings. The number of likely N-dealkylation sites (tertiary alicyclic amines) is 1. The standard InChI is InChI=1S/C33H34N4O4/c1-40-27-13-11-25(12-14-27)22-35(21-24-7-3-2-4-8-24)23-28-15-16-31(41-28)32(38)36-19-17-26(18-20-36)37-30-10-6-5-9-29(30)34-33(37)39/h2-16,26H,17-23H2,1H3,(H,34,39). The number of amides is 1. The van der Waals surface area contributed by atoms with Gasteiger partial charge >= 0.3 is 5.69 Å². The number of carbonyl (C=O) groups excluding carboxylic acids is 1. The van der Waals surface area contributed by atoms with Gasteiger partial charge in [-0.1, -0.05) is 54.6 Å². The Morgan fingerprint density at radius 2 is 1.56 bits per heavy atom. The summed E-state index contributed by atoms with van der Waals surface area (Å²) in [6.45, 7) is 3.19. The van der Waals surface area contributed by atoms with E-state index >= 15 is 0 Å². The maximum Gasteiger partial charge on any atom is 0.326 e. The summed E-state index contributed by atoms with van der Waals surface area (Å²) in [5.41, 5.74) is 4.03. The molecule has 1 N–H and O–H groups in total. The molecule has 3 heterocycles. The van der Waals surface area contributed by atoms with E-state index in [0.29, 0.717) is 38.2 Å². The van der Waals surface area contributed by atoms with Crippen LogP contribution in [-0.2, 0) is 19.6 Å². The lowest BCUT2D eigenvalue weighted by Gasteiger charge is -2.32. The van der Waals surface area contributed by atoms with E-state index in [0.717, 1.165) is 35.6 Å². The molecule has 8 heteroatoms. The second-order valence-electron chi connectivity index (χ2n) is 10.6. The second kappa shape index (κ2) is 11.9. The van der Waals surface area contributed by atoms with Crippen LogP contribution in [0.15, 0.2) is 100 Å². The van der Waals surface area contributed by atoms with Crippen molar-refractivity contribution in [3.8, 4) is 5.75 Å². The van der Waals surface area contributed by atoms with Crippen LogP contribution in [0.25, 0.3) is 11.0 Å². The van der Waals surface area contributed by atoms with Gasteiger partial charge in [0.05, 0.1) is 24.7 Å². The van der Waals surface area contributed by atoms with Gasteiger partial charge in [0.2, 0.25) is 0 Å². The van der Waals surface area contributed by atoms with Crippen LogP contribution in [0.4, 0.5) is 0 Å². The maximum atomic E-state index is 13.3. The fourth-order valence-corrected chi connectivity index (χ4v) is 5.72. The van der Waals surface area contributed by atoms with Crippen molar-refractivity contribution in [1.82, 2.24) is 19.4 Å². The van der Waals surface area contributed by atoms with Crippen LogP contribution in [0.5, 0.6) is 5.75 Å². The number of H-pyrrole nitrogens is 1. The number of carbonyl (C=O) groups is 1. The number of rotatable bonds is 9. The van der Waals surface area contributed by atoms with Crippen LogP contribution in [0, 0.1) is 0 Å². The molecule has 1 aliphatic rings. The van der Waals surface area contributed by atoms with Gasteiger partial charge in [-0.15, -0.1) is 0 Å². The topological polar surface area (TPSA) is 83.7 Å². The van der Waals surface area contributed by atoms with Crippen molar-refractivity contribution in [3.05, 3.63) is 124 Å². The van der Waals surface area contributed by atoms with Crippen molar-refractivity contribution in [2.75, 3.05) is 20.2 Å². The number of aromatic amines is 1. The summed E-state index contributed by atoms with van der Waals surface area (Å²) in [6.07, 6.45) is 1.43. The highest BCUT2D eigenvalue weighted by Gasteiger charge is 2.28. The number of hydrogen-bond donors (Lipinski definition) is 1. The van der Waals surface area contributed by atoms with Gasteiger partial charge in [-0.25, -0.2) is 4.79 Å². The lowest BCUT2D eigenvalue weighted by Crippen LogP contribution is -2.40. The zero-order valence-electron chi connectivity index (χ0n) is 23.2. The molecule has 1 saturated heterocycles. The summed E-state index contributed by atoms with van der Waals surface area (Å²) in [4.78, 5) is 33.0. The summed E-state index contributed by atoms with van der Waals surface area (Å²) < 4.78 is 13.2. The highest BCUT2D eigenvalue weighted by atomic mass is 16.5. The second-order valence-corrected chi connectivity index (χ2v) is 10.6. The molecule has 0 spiro atoms. The number of benzene rings is 3. The molecule has 0 radical (unpaired) electrons. The number of nitrogens with one attached hydrogen (secondary N) is 1. The highest BCUT2D eigenvalue weighted by molar-refractivity contribution is 5.91. The predicted molar refractivity (Wildman–Crippen MR) is 158 cm³/mol. The molecule has 210 valence electrons. The summed E-state index contributed by atoms with van der Waals surface area (Å²) >= 11 is 0. The van der Waals surface area contributed by atoms with Crippen LogP contribution < -0.4 is 10.4 Å². The van der Waals surface area contributed by atoms with Crippen molar-refractivity contribution in [2.24, 2.45) is 0 Å². The third kappa shape index (κ3) is 5.98. The number of nitrogens with zero attached hydrogens (tertiary/aromatic N) is 3. The number of fused-ring (bicyclic) bond motifs is 1. The summed E-state index contributed by atoms with van der Waals surface area (Å²) in [7, 11) is 1.67. The number of furan rings is 1. The van der Waals surface area contributed by atoms with E-state index in [-0.39, 0.29) is 17.6 Å². The monoisotopic (exact) mass is 550 g/mol. The number of aromatic nitrogens is 2. The third-order valence-corrected chi connectivity index (χ3v) is 7.81. The summed E-state index contributed by atoms with van der Waals surface area (Å²) in [6, 6.07) is 29.9. The van der Waals surface area contributed by atoms with Crippen molar-refractivity contribution >= 4 is 16.9 Å². The highest BCUT2D eigenvalue weighted by Crippen LogP contribution is 2.26. The van der Waals surface area contributed by atoms with Gasteiger partial charge in [-0.2, -0.15) is 0 Å². The Hall–Kier alpha value is -4.56. The molecule has 1 amide bonds. The van der Waals surface area contributed by atoms with Crippen molar-refractivity contribution in [2.45, 2.75) is 38.5 Å². The minimum atomic E-state index is -0.106. The zero-order valence-corrected chi connectivity index (χ0v) is 23.2. The Kier molecular flexibility index (Phi) is 7.73. The molecule has 0 atom stereocenters. The van der Waals surface area contributed by atoms with E-state index in [4.69, 9.17) is 9.15 Å². The van der Waals surface area contributed by atoms with Gasteiger partial charge in [0, 0.05) is 32.2 Å². The van der Waals surface area contributed by atoms with Crippen LogP contribution in [-0.4, -0.2) is 45.5 Å². The average Bonchev–Trinajstić information content (AvgIpc) is 3.61. The lowest BCUT2D eigenvalue weighted by molar-refractivity contribution is 0.0658. The Balaban J connectivity index is 1.11. The average molecular weight is 551 g/mol. The number of methoxy groups -OCH3 is 1. The Labute approximate surface area is 238 Å². The number of imidazole rings is 1. The molecule has 8 nitrogen and oxygen atoms in total. The first-order valence-electron chi connectivity index (χ1n) is 14.0. The van der Waals surface area contributed by atoms with E-state index < -0.39 is 0 Å². The van der Waals surface area contributed by atoms with Gasteiger partial charge in [-0.3, -0.25) is 14.3 Å². The summed E-state index contributed by atoms with van der Waals surface area (Å²) in [5.74, 6) is 1.82. The van der Waals surface area contributed by atoms with Crippen LogP contribution in [0.2, 0.25) is 0 Å². The van der Waals surface area contributed by atoms with Crippen molar-refractivity contribution < 1.29 is 13.9 Å². The zero-order chi connectivity index (χ0) is 28.2. The fraction of sp³-hybridized carbons (Fsp3) is 0.273. The normalized spacial score (nSPS) is 14.1. The molecule has 41 heavy (non-hydrogen) atoms. The van der Waals surface area contributed by atoms with E-state index in [1.165, 1.54) is 11.1 Å². The van der Waals surface area contributed by atoms with Crippen LogP contribution in [0.3, 0.4) is 0 Å². The maximum absolute atomic E-state index is 13.3. The minimum absolute atomic E-state index is 0.0550. The van der Waals surface area contributed by atoms with Crippen molar-refractivity contribution in [3.63, 3.8) is 0 Å². The smallest absolute Gasteiger partial charge is 0.326 e. The molecule has 0 aliphatic carbocycles. The SMILES string of the molecule is COc1ccc(CN(Cc2ccccc2)Cc2ccc(C(=O)N3CCC(n4c(=O)[nH]c5ccccc54)CC3)o2)cc1. The first kappa shape index (κ1) is 26.7. The minimum Gasteiger partial charge on any atom is -0.497 e. The largest absolute Gasteiger partial charge is 0.497 e. The molecule has 0 saturated carbocycles. The molecule has 0 bridgehead atoms. The van der Waals surface area contributed by atoms with Gasteiger partial charge < -0.3 is 19.0 Å². The number of ether oxygens (including phenoxy) is 1. The number of para-hydroxylation sites is 2. The first-order valence-corrected chi connectivity index (χ1v) is 14.0. The van der Waals surface area contributed by atoms with E-state index in [2.05, 4.69) is 34.1 Å². The first-order chi connectivity index (χ1) is 20.1. The van der Waals surface area contributed by atoms with E-state index in [1.54, 1.807) is 13.2 Å². The number of hydrogen-bond acceptors (Lipinski definition) is 5. The molecule has 1 aliphatic heterocycles. The Morgan fingerprint density at radius 1 is 0.878 bits per heavy atom. The summed E-state index contributed by atoms with van der Waals surface area (Å²) in [5, 5.41) is 0.